The van der Waals surface area contributed by atoms with E-state index in [0.717, 1.165) is 5.56 Å². The van der Waals surface area contributed by atoms with E-state index >= 15 is 0 Å². The van der Waals surface area contributed by atoms with Crippen molar-refractivity contribution in [2.75, 3.05) is 6.54 Å². The van der Waals surface area contributed by atoms with E-state index < -0.39 is 4.92 Å². The lowest BCUT2D eigenvalue weighted by atomic mass is 10.2. The molecule has 1 aromatic carbocycles. The van der Waals surface area contributed by atoms with Gasteiger partial charge in [0, 0.05) is 17.7 Å². The quantitative estimate of drug-likeness (QED) is 0.392. The molecule has 0 unspecified atom stereocenters. The topological polar surface area (TPSA) is 69.2 Å². The monoisotopic (exact) mass is 176 g/mol. The maximum Gasteiger partial charge on any atom is 0.269 e. The summed E-state index contributed by atoms with van der Waals surface area (Å²) in [6, 6.07) is 6.03. The molecule has 0 amide bonds. The van der Waals surface area contributed by atoms with Crippen LogP contribution in [0.5, 0.6) is 0 Å². The van der Waals surface area contributed by atoms with E-state index in [4.69, 9.17) is 5.73 Å². The number of nitrogens with zero attached hydrogens (tertiary/aromatic N) is 1. The lowest BCUT2D eigenvalue weighted by molar-refractivity contribution is -0.384. The Morgan fingerprint density at radius 1 is 1.38 bits per heavy atom. The highest BCUT2D eigenvalue weighted by Gasteiger charge is 2.01. The molecular weight excluding hydrogens is 168 g/mol. The molecule has 0 aliphatic carbocycles. The highest BCUT2D eigenvalue weighted by molar-refractivity contribution is 5.41. The van der Waals surface area contributed by atoms with Crippen molar-refractivity contribution in [2.45, 2.75) is 0 Å². The number of benzene rings is 1. The molecule has 0 aliphatic rings. The number of hydrogen-bond donors (Lipinski definition) is 1. The maximum atomic E-state index is 10.3. The Bertz CT molecular complexity index is 359. The van der Waals surface area contributed by atoms with Crippen LogP contribution in [0.3, 0.4) is 0 Å². The number of nitro benzene ring substituents is 1. The lowest BCUT2D eigenvalue weighted by Gasteiger charge is -1.90. The third-order valence-corrected chi connectivity index (χ3v) is 1.41. The first-order valence-electron chi connectivity index (χ1n) is 3.67. The molecule has 0 saturated heterocycles. The fourth-order valence-electron chi connectivity index (χ4n) is 0.820. The first-order chi connectivity index (χ1) is 6.24. The van der Waals surface area contributed by atoms with Crippen LogP contribution in [-0.4, -0.2) is 11.5 Å². The van der Waals surface area contributed by atoms with Crippen molar-refractivity contribution in [3.8, 4) is 11.8 Å². The van der Waals surface area contributed by atoms with Gasteiger partial charge in [-0.3, -0.25) is 10.1 Å². The zero-order chi connectivity index (χ0) is 9.68. The Hall–Kier alpha value is -1.86. The summed E-state index contributed by atoms with van der Waals surface area (Å²) < 4.78 is 0. The molecule has 66 valence electrons. The predicted molar refractivity (Wildman–Crippen MR) is 49.0 cm³/mol. The third-order valence-electron chi connectivity index (χ3n) is 1.41. The molecule has 0 radical (unpaired) electrons. The summed E-state index contributed by atoms with van der Waals surface area (Å²) in [6.45, 7) is 0.289. The summed E-state index contributed by atoms with van der Waals surface area (Å²) >= 11 is 0. The van der Waals surface area contributed by atoms with Gasteiger partial charge in [-0.05, 0) is 12.1 Å². The molecule has 0 spiro atoms. The van der Waals surface area contributed by atoms with Gasteiger partial charge in [0.05, 0.1) is 11.5 Å². The van der Waals surface area contributed by atoms with Crippen molar-refractivity contribution in [2.24, 2.45) is 5.73 Å². The molecule has 4 heteroatoms. The molecule has 0 saturated carbocycles. The summed E-state index contributed by atoms with van der Waals surface area (Å²) in [4.78, 5) is 9.83. The van der Waals surface area contributed by atoms with Gasteiger partial charge in [0.15, 0.2) is 0 Å². The second kappa shape index (κ2) is 4.24. The molecular formula is C9H8N2O2. The molecule has 0 bridgehead atoms. The Labute approximate surface area is 75.5 Å². The summed E-state index contributed by atoms with van der Waals surface area (Å²) in [5, 5.41) is 10.3. The third kappa shape index (κ3) is 2.58. The number of nitro groups is 1. The summed E-state index contributed by atoms with van der Waals surface area (Å²) in [5.41, 5.74) is 5.97. The largest absolute Gasteiger partial charge is 0.320 e. The number of hydrogen-bond acceptors (Lipinski definition) is 3. The Morgan fingerprint density at radius 3 is 2.46 bits per heavy atom. The van der Waals surface area contributed by atoms with Crippen molar-refractivity contribution < 1.29 is 4.92 Å². The van der Waals surface area contributed by atoms with E-state index in [1.807, 2.05) is 0 Å². The van der Waals surface area contributed by atoms with Crippen molar-refractivity contribution in [1.82, 2.24) is 0 Å². The minimum Gasteiger partial charge on any atom is -0.320 e. The molecule has 0 fully saturated rings. The predicted octanol–water partition coefficient (Wildman–Crippen LogP) is 0.905. The number of rotatable bonds is 1. The zero-order valence-corrected chi connectivity index (χ0v) is 6.86. The summed E-state index contributed by atoms with van der Waals surface area (Å²) in [5.74, 6) is 5.43. The number of non-ortho nitro benzene ring substituents is 1. The zero-order valence-electron chi connectivity index (χ0n) is 6.86. The SMILES string of the molecule is NCC#Cc1ccc([N+](=O)[O-])cc1. The molecule has 0 aromatic heterocycles. The molecule has 0 atom stereocenters. The fourth-order valence-corrected chi connectivity index (χ4v) is 0.820. The normalized spacial score (nSPS) is 8.69. The van der Waals surface area contributed by atoms with Gasteiger partial charge in [-0.15, -0.1) is 0 Å². The second-order valence-corrected chi connectivity index (χ2v) is 2.31. The van der Waals surface area contributed by atoms with E-state index in [-0.39, 0.29) is 12.2 Å². The van der Waals surface area contributed by atoms with E-state index in [9.17, 15) is 10.1 Å². The minimum absolute atomic E-state index is 0.0679. The van der Waals surface area contributed by atoms with Gasteiger partial charge in [0.1, 0.15) is 0 Å². The van der Waals surface area contributed by atoms with Gasteiger partial charge in [-0.2, -0.15) is 0 Å². The van der Waals surface area contributed by atoms with Crippen LogP contribution in [0.1, 0.15) is 5.56 Å². The molecule has 13 heavy (non-hydrogen) atoms. The van der Waals surface area contributed by atoms with Gasteiger partial charge in [-0.25, -0.2) is 0 Å². The summed E-state index contributed by atoms with van der Waals surface area (Å²) in [6.07, 6.45) is 0. The fraction of sp³-hybridized carbons (Fsp3) is 0.111. The standard InChI is InChI=1S/C9H8N2O2/c10-7-1-2-8-3-5-9(6-4-8)11(12)13/h3-6H,7,10H2. The molecule has 0 aliphatic heterocycles. The Morgan fingerprint density at radius 2 is 2.00 bits per heavy atom. The minimum atomic E-state index is -0.444. The molecule has 4 nitrogen and oxygen atoms in total. The average Bonchev–Trinajstić information content (AvgIpc) is 2.15. The van der Waals surface area contributed by atoms with Crippen LogP contribution >= 0.6 is 0 Å². The van der Waals surface area contributed by atoms with Crippen molar-refractivity contribution in [3.05, 3.63) is 39.9 Å². The Kier molecular flexibility index (Phi) is 3.01. The van der Waals surface area contributed by atoms with Crippen LogP contribution in [0.25, 0.3) is 0 Å². The molecule has 0 heterocycles. The average molecular weight is 176 g/mol. The molecule has 1 aromatic rings. The first kappa shape index (κ1) is 9.23. The van der Waals surface area contributed by atoms with Crippen LogP contribution in [0.15, 0.2) is 24.3 Å². The van der Waals surface area contributed by atoms with Gasteiger partial charge < -0.3 is 5.73 Å². The molecule has 2 N–H and O–H groups in total. The lowest BCUT2D eigenvalue weighted by Crippen LogP contribution is -1.93. The second-order valence-electron chi connectivity index (χ2n) is 2.31. The van der Waals surface area contributed by atoms with E-state index in [1.54, 1.807) is 12.1 Å². The van der Waals surface area contributed by atoms with Crippen LogP contribution in [0.2, 0.25) is 0 Å². The smallest absolute Gasteiger partial charge is 0.269 e. The van der Waals surface area contributed by atoms with E-state index in [1.165, 1.54) is 12.1 Å². The Balaban J connectivity index is 2.87. The molecule has 1 rings (SSSR count). The number of nitrogens with two attached hydrogens (primary N) is 1. The maximum absolute atomic E-state index is 10.3. The van der Waals surface area contributed by atoms with E-state index in [0.29, 0.717) is 0 Å². The van der Waals surface area contributed by atoms with Gasteiger partial charge in [0.25, 0.3) is 5.69 Å². The van der Waals surface area contributed by atoms with Crippen LogP contribution in [-0.2, 0) is 0 Å². The van der Waals surface area contributed by atoms with E-state index in [2.05, 4.69) is 11.8 Å². The highest BCUT2D eigenvalue weighted by atomic mass is 16.6. The van der Waals surface area contributed by atoms with Gasteiger partial charge in [0.2, 0.25) is 0 Å². The van der Waals surface area contributed by atoms with Crippen molar-refractivity contribution >= 4 is 5.69 Å². The first-order valence-corrected chi connectivity index (χ1v) is 3.67. The van der Waals surface area contributed by atoms with Crippen LogP contribution in [0, 0.1) is 22.0 Å². The van der Waals surface area contributed by atoms with Gasteiger partial charge in [-0.1, -0.05) is 11.8 Å². The van der Waals surface area contributed by atoms with Crippen LogP contribution in [0.4, 0.5) is 5.69 Å². The van der Waals surface area contributed by atoms with Crippen molar-refractivity contribution in [3.63, 3.8) is 0 Å². The highest BCUT2D eigenvalue weighted by Crippen LogP contribution is 2.10. The van der Waals surface area contributed by atoms with Crippen LogP contribution < -0.4 is 5.73 Å². The van der Waals surface area contributed by atoms with Crippen molar-refractivity contribution in [1.29, 1.82) is 0 Å². The van der Waals surface area contributed by atoms with Gasteiger partial charge >= 0.3 is 0 Å². The summed E-state index contributed by atoms with van der Waals surface area (Å²) in [7, 11) is 0.